The van der Waals surface area contributed by atoms with Gasteiger partial charge in [0.15, 0.2) is 5.13 Å². The molecular weight excluding hydrogens is 228 g/mol. The van der Waals surface area contributed by atoms with E-state index in [1.165, 1.54) is 24.7 Å². The van der Waals surface area contributed by atoms with E-state index in [9.17, 15) is 4.79 Å². The van der Waals surface area contributed by atoms with Gasteiger partial charge in [0.25, 0.3) is 0 Å². The molecule has 0 aliphatic heterocycles. The molecule has 1 N–H and O–H groups in total. The van der Waals surface area contributed by atoms with Crippen LogP contribution in [0.3, 0.4) is 0 Å². The first-order chi connectivity index (χ1) is 7.81. The molecule has 0 aliphatic rings. The summed E-state index contributed by atoms with van der Waals surface area (Å²) in [6.45, 7) is 0.481. The van der Waals surface area contributed by atoms with Gasteiger partial charge in [-0.3, -0.25) is 0 Å². The molecule has 0 aromatic carbocycles. The molecule has 84 valence electrons. The fourth-order valence-corrected chi connectivity index (χ4v) is 1.76. The summed E-state index contributed by atoms with van der Waals surface area (Å²) in [5, 5.41) is 5.76. The second-order valence-corrected chi connectivity index (χ2v) is 3.85. The highest BCUT2D eigenvalue weighted by Crippen LogP contribution is 2.16. The van der Waals surface area contributed by atoms with E-state index in [1.54, 1.807) is 12.3 Å². The molecular formula is C10H10N2O3S. The molecule has 0 fully saturated rings. The Bertz CT molecular complexity index is 464. The van der Waals surface area contributed by atoms with Gasteiger partial charge in [-0.05, 0) is 6.07 Å². The lowest BCUT2D eigenvalue weighted by Gasteiger charge is -2.02. The Balaban J connectivity index is 2.04. The Labute approximate surface area is 96.1 Å². The minimum Gasteiger partial charge on any atom is -0.463 e. The van der Waals surface area contributed by atoms with Crippen molar-refractivity contribution in [1.29, 1.82) is 0 Å². The van der Waals surface area contributed by atoms with Crippen molar-refractivity contribution in [2.75, 3.05) is 12.4 Å². The molecule has 0 atom stereocenters. The SMILES string of the molecule is COC(=O)c1occc1CNc1nccs1. The maximum absolute atomic E-state index is 11.3. The highest BCUT2D eigenvalue weighted by Gasteiger charge is 2.15. The lowest BCUT2D eigenvalue weighted by molar-refractivity contribution is 0.0563. The summed E-state index contributed by atoms with van der Waals surface area (Å²) in [5.41, 5.74) is 0.752. The van der Waals surface area contributed by atoms with Gasteiger partial charge in [0.1, 0.15) is 0 Å². The van der Waals surface area contributed by atoms with E-state index in [0.717, 1.165) is 10.7 Å². The van der Waals surface area contributed by atoms with Gasteiger partial charge in [0.2, 0.25) is 5.76 Å². The molecule has 0 amide bonds. The predicted octanol–water partition coefficient (Wildman–Crippen LogP) is 2.13. The lowest BCUT2D eigenvalue weighted by atomic mass is 10.2. The van der Waals surface area contributed by atoms with Crippen molar-refractivity contribution < 1.29 is 13.9 Å². The van der Waals surface area contributed by atoms with E-state index in [-0.39, 0.29) is 5.76 Å². The van der Waals surface area contributed by atoms with Crippen molar-refractivity contribution in [2.24, 2.45) is 0 Å². The van der Waals surface area contributed by atoms with Gasteiger partial charge in [-0.25, -0.2) is 9.78 Å². The minimum atomic E-state index is -0.471. The highest BCUT2D eigenvalue weighted by atomic mass is 32.1. The molecule has 2 heterocycles. The number of furan rings is 1. The second kappa shape index (κ2) is 4.80. The van der Waals surface area contributed by atoms with Gasteiger partial charge in [0, 0.05) is 23.7 Å². The van der Waals surface area contributed by atoms with Crippen LogP contribution in [0.1, 0.15) is 16.1 Å². The smallest absolute Gasteiger partial charge is 0.374 e. The van der Waals surface area contributed by atoms with E-state index in [0.29, 0.717) is 6.54 Å². The molecule has 0 bridgehead atoms. The molecule has 0 aliphatic carbocycles. The maximum atomic E-state index is 11.3. The molecule has 5 nitrogen and oxygen atoms in total. The number of thiazole rings is 1. The topological polar surface area (TPSA) is 64.4 Å². The van der Waals surface area contributed by atoms with Gasteiger partial charge in [-0.2, -0.15) is 0 Å². The van der Waals surface area contributed by atoms with E-state index >= 15 is 0 Å². The molecule has 6 heteroatoms. The average Bonchev–Trinajstić information content (AvgIpc) is 2.96. The number of nitrogens with zero attached hydrogens (tertiary/aromatic N) is 1. The summed E-state index contributed by atoms with van der Waals surface area (Å²) in [7, 11) is 1.32. The van der Waals surface area contributed by atoms with Crippen LogP contribution < -0.4 is 5.32 Å². The summed E-state index contributed by atoms with van der Waals surface area (Å²) in [6.07, 6.45) is 3.18. The Morgan fingerprint density at radius 3 is 3.25 bits per heavy atom. The van der Waals surface area contributed by atoms with Crippen LogP contribution in [0.4, 0.5) is 5.13 Å². The Kier molecular flexibility index (Phi) is 3.21. The quantitative estimate of drug-likeness (QED) is 0.827. The van der Waals surface area contributed by atoms with Crippen LogP contribution in [-0.4, -0.2) is 18.1 Å². The molecule has 2 rings (SSSR count). The van der Waals surface area contributed by atoms with Crippen LogP contribution in [0.5, 0.6) is 0 Å². The first kappa shape index (κ1) is 10.7. The standard InChI is InChI=1S/C10H10N2O3S/c1-14-9(13)8-7(2-4-15-8)6-12-10-11-3-5-16-10/h2-5H,6H2,1H3,(H,11,12). The zero-order chi connectivity index (χ0) is 11.4. The van der Waals surface area contributed by atoms with Crippen molar-refractivity contribution in [2.45, 2.75) is 6.54 Å². The van der Waals surface area contributed by atoms with E-state index in [1.807, 2.05) is 5.38 Å². The number of rotatable bonds is 4. The zero-order valence-electron chi connectivity index (χ0n) is 8.60. The number of esters is 1. The maximum Gasteiger partial charge on any atom is 0.374 e. The number of ether oxygens (including phenoxy) is 1. The third kappa shape index (κ3) is 2.22. The van der Waals surface area contributed by atoms with E-state index in [2.05, 4.69) is 15.0 Å². The number of carbonyl (C=O) groups excluding carboxylic acids is 1. The van der Waals surface area contributed by atoms with Crippen LogP contribution in [0.15, 0.2) is 28.3 Å². The van der Waals surface area contributed by atoms with Crippen molar-refractivity contribution in [3.05, 3.63) is 35.2 Å². The third-order valence-corrected chi connectivity index (χ3v) is 2.71. The predicted molar refractivity (Wildman–Crippen MR) is 59.5 cm³/mol. The van der Waals surface area contributed by atoms with Gasteiger partial charge < -0.3 is 14.5 Å². The summed E-state index contributed by atoms with van der Waals surface area (Å²) < 4.78 is 9.65. The van der Waals surface area contributed by atoms with Crippen molar-refractivity contribution in [3.63, 3.8) is 0 Å². The first-order valence-electron chi connectivity index (χ1n) is 4.59. The highest BCUT2D eigenvalue weighted by molar-refractivity contribution is 7.13. The third-order valence-electron chi connectivity index (χ3n) is 1.98. The summed E-state index contributed by atoms with van der Waals surface area (Å²) in [5.74, 6) is -0.243. The number of aromatic nitrogens is 1. The molecule has 0 saturated carbocycles. The largest absolute Gasteiger partial charge is 0.463 e. The molecule has 0 spiro atoms. The second-order valence-electron chi connectivity index (χ2n) is 2.96. The fourth-order valence-electron chi connectivity index (χ4n) is 1.23. The van der Waals surface area contributed by atoms with E-state index in [4.69, 9.17) is 4.42 Å². The van der Waals surface area contributed by atoms with Gasteiger partial charge in [0.05, 0.1) is 13.4 Å². The molecule has 0 saturated heterocycles. The van der Waals surface area contributed by atoms with Crippen molar-refractivity contribution >= 4 is 22.4 Å². The first-order valence-corrected chi connectivity index (χ1v) is 5.47. The minimum absolute atomic E-state index is 0.228. The van der Waals surface area contributed by atoms with Crippen LogP contribution >= 0.6 is 11.3 Å². The van der Waals surface area contributed by atoms with Crippen molar-refractivity contribution in [3.8, 4) is 0 Å². The van der Waals surface area contributed by atoms with Crippen LogP contribution in [0.25, 0.3) is 0 Å². The van der Waals surface area contributed by atoms with E-state index < -0.39 is 5.97 Å². The molecule has 0 unspecified atom stereocenters. The molecule has 2 aromatic heterocycles. The Morgan fingerprint density at radius 1 is 1.69 bits per heavy atom. The molecule has 16 heavy (non-hydrogen) atoms. The summed E-state index contributed by atoms with van der Waals surface area (Å²) in [6, 6.07) is 1.73. The van der Waals surface area contributed by atoms with Crippen LogP contribution in [-0.2, 0) is 11.3 Å². The fraction of sp³-hybridized carbons (Fsp3) is 0.200. The Hall–Kier alpha value is -1.82. The summed E-state index contributed by atoms with van der Waals surface area (Å²) >= 11 is 1.50. The average molecular weight is 238 g/mol. The van der Waals surface area contributed by atoms with Crippen LogP contribution in [0, 0.1) is 0 Å². The number of methoxy groups -OCH3 is 1. The van der Waals surface area contributed by atoms with Gasteiger partial charge in [-0.15, -0.1) is 11.3 Å². The van der Waals surface area contributed by atoms with Crippen LogP contribution in [0.2, 0.25) is 0 Å². The van der Waals surface area contributed by atoms with Gasteiger partial charge in [-0.1, -0.05) is 0 Å². The van der Waals surface area contributed by atoms with Gasteiger partial charge >= 0.3 is 5.97 Å². The molecule has 2 aromatic rings. The number of hydrogen-bond donors (Lipinski definition) is 1. The lowest BCUT2D eigenvalue weighted by Crippen LogP contribution is -2.06. The zero-order valence-corrected chi connectivity index (χ0v) is 9.41. The van der Waals surface area contributed by atoms with Crippen molar-refractivity contribution in [1.82, 2.24) is 4.98 Å². The molecule has 0 radical (unpaired) electrons. The normalized spacial score (nSPS) is 10.1. The number of nitrogens with one attached hydrogen (secondary N) is 1. The number of hydrogen-bond acceptors (Lipinski definition) is 6. The number of anilines is 1. The number of carbonyl (C=O) groups is 1. The monoisotopic (exact) mass is 238 g/mol. The summed E-state index contributed by atoms with van der Waals surface area (Å²) in [4.78, 5) is 15.4. The Morgan fingerprint density at radius 2 is 2.56 bits per heavy atom.